The maximum Gasteiger partial charge on any atom is 0.142 e. The van der Waals surface area contributed by atoms with E-state index in [9.17, 15) is 4.39 Å². The molecule has 0 nitrogen and oxygen atoms in total. The van der Waals surface area contributed by atoms with E-state index in [2.05, 4.69) is 0 Å². The number of hydrogen-bond donors (Lipinski definition) is 0. The summed E-state index contributed by atoms with van der Waals surface area (Å²) in [6.07, 6.45) is 0. The van der Waals surface area contributed by atoms with Gasteiger partial charge in [-0.3, -0.25) is 0 Å². The summed E-state index contributed by atoms with van der Waals surface area (Å²) in [5, 5.41) is 0.860. The molecule has 0 aliphatic heterocycles. The number of thioether (sulfide) groups is 1. The molecule has 0 fully saturated rings. The van der Waals surface area contributed by atoms with E-state index < -0.39 is 0 Å². The quantitative estimate of drug-likeness (QED) is 0.679. The Balaban J connectivity index is 2.05. The van der Waals surface area contributed by atoms with Crippen LogP contribution in [0, 0.1) is 5.82 Å². The fraction of sp³-hybridized carbons (Fsp3) is 0.0769. The predicted octanol–water partition coefficient (Wildman–Crippen LogP) is 5.42. The molecule has 2 aromatic carbocycles. The molecule has 0 radical (unpaired) electrons. The Bertz CT molecular complexity index is 529. The van der Waals surface area contributed by atoms with Gasteiger partial charge in [0.15, 0.2) is 0 Å². The van der Waals surface area contributed by atoms with Crippen molar-refractivity contribution in [1.29, 1.82) is 0 Å². The molecule has 2 aromatic rings. The second kappa shape index (κ2) is 5.76. The maximum absolute atomic E-state index is 13.2. The fourth-order valence-electron chi connectivity index (χ4n) is 1.35. The van der Waals surface area contributed by atoms with Gasteiger partial charge in [-0.1, -0.05) is 35.3 Å². The Labute approximate surface area is 114 Å². The molecular weight excluding hydrogens is 278 g/mol. The molecule has 0 heterocycles. The zero-order valence-electron chi connectivity index (χ0n) is 8.79. The smallest absolute Gasteiger partial charge is 0.142 e. The van der Waals surface area contributed by atoms with Gasteiger partial charge in [-0.2, -0.15) is 0 Å². The molecule has 0 aromatic heterocycles. The summed E-state index contributed by atoms with van der Waals surface area (Å²) in [4.78, 5) is 1.06. The molecular formula is C13H9Cl2FS. The van der Waals surface area contributed by atoms with Crippen molar-refractivity contribution >= 4 is 35.0 Å². The average Bonchev–Trinajstić information content (AvgIpc) is 2.31. The molecule has 0 spiro atoms. The summed E-state index contributed by atoms with van der Waals surface area (Å²) in [7, 11) is 0. The van der Waals surface area contributed by atoms with Gasteiger partial charge in [0, 0.05) is 15.7 Å². The first kappa shape index (κ1) is 12.7. The van der Waals surface area contributed by atoms with Crippen molar-refractivity contribution in [2.75, 3.05) is 0 Å². The number of hydrogen-bond acceptors (Lipinski definition) is 1. The summed E-state index contributed by atoms with van der Waals surface area (Å²) in [6, 6.07) is 12.4. The highest BCUT2D eigenvalue weighted by atomic mass is 35.5. The Hall–Kier alpha value is -0.700. The topological polar surface area (TPSA) is 0 Å². The van der Waals surface area contributed by atoms with E-state index in [1.54, 1.807) is 17.8 Å². The second-order valence-corrected chi connectivity index (χ2v) is 5.39. The second-order valence-electron chi connectivity index (χ2n) is 3.49. The normalized spacial score (nSPS) is 10.5. The summed E-state index contributed by atoms with van der Waals surface area (Å²) >= 11 is 13.1. The maximum atomic E-state index is 13.2. The molecule has 88 valence electrons. The highest BCUT2D eigenvalue weighted by Gasteiger charge is 2.02. The van der Waals surface area contributed by atoms with Gasteiger partial charge in [-0.15, -0.1) is 11.8 Å². The Morgan fingerprint density at radius 3 is 2.59 bits per heavy atom. The van der Waals surface area contributed by atoms with E-state index in [-0.39, 0.29) is 10.8 Å². The first-order chi connectivity index (χ1) is 8.15. The zero-order valence-corrected chi connectivity index (χ0v) is 11.1. The third-order valence-corrected chi connectivity index (χ3v) is 3.79. The molecule has 4 heteroatoms. The van der Waals surface area contributed by atoms with Gasteiger partial charge in [-0.25, -0.2) is 4.39 Å². The summed E-state index contributed by atoms with van der Waals surface area (Å²) in [5.41, 5.74) is 0.900. The summed E-state index contributed by atoms with van der Waals surface area (Å²) in [5.74, 6) is 0.310. The molecule has 0 unspecified atom stereocenters. The van der Waals surface area contributed by atoms with Gasteiger partial charge in [0.05, 0.1) is 5.02 Å². The largest absolute Gasteiger partial charge is 0.205 e. The monoisotopic (exact) mass is 286 g/mol. The minimum atomic E-state index is -0.379. The van der Waals surface area contributed by atoms with E-state index in [0.717, 1.165) is 10.5 Å². The lowest BCUT2D eigenvalue weighted by molar-refractivity contribution is 0.627. The van der Waals surface area contributed by atoms with Crippen molar-refractivity contribution in [3.05, 3.63) is 63.9 Å². The van der Waals surface area contributed by atoms with Crippen LogP contribution in [0.25, 0.3) is 0 Å². The van der Waals surface area contributed by atoms with E-state index in [0.29, 0.717) is 10.8 Å². The molecule has 0 aliphatic rings. The van der Waals surface area contributed by atoms with Crippen LogP contribution in [0.15, 0.2) is 47.4 Å². The molecule has 0 atom stereocenters. The molecule has 2 rings (SSSR count). The van der Waals surface area contributed by atoms with Gasteiger partial charge in [-0.05, 0) is 35.9 Å². The van der Waals surface area contributed by atoms with Crippen LogP contribution in [-0.2, 0) is 5.75 Å². The zero-order chi connectivity index (χ0) is 12.3. The Kier molecular flexibility index (Phi) is 4.32. The third kappa shape index (κ3) is 3.63. The first-order valence-electron chi connectivity index (χ1n) is 4.97. The molecule has 0 N–H and O–H groups in total. The van der Waals surface area contributed by atoms with Crippen LogP contribution in [0.4, 0.5) is 4.39 Å². The number of halogens is 3. The highest BCUT2D eigenvalue weighted by Crippen LogP contribution is 2.26. The highest BCUT2D eigenvalue weighted by molar-refractivity contribution is 7.98. The van der Waals surface area contributed by atoms with Crippen molar-refractivity contribution in [1.82, 2.24) is 0 Å². The van der Waals surface area contributed by atoms with Gasteiger partial charge < -0.3 is 0 Å². The minimum absolute atomic E-state index is 0.154. The van der Waals surface area contributed by atoms with Gasteiger partial charge in [0.2, 0.25) is 0 Å². The molecule has 0 bridgehead atoms. The van der Waals surface area contributed by atoms with Crippen molar-refractivity contribution in [2.45, 2.75) is 10.6 Å². The molecule has 0 amide bonds. The van der Waals surface area contributed by atoms with Crippen molar-refractivity contribution in [2.24, 2.45) is 0 Å². The lowest BCUT2D eigenvalue weighted by Crippen LogP contribution is -1.84. The third-order valence-electron chi connectivity index (χ3n) is 2.19. The fourth-order valence-corrected chi connectivity index (χ4v) is 2.62. The first-order valence-corrected chi connectivity index (χ1v) is 6.71. The molecule has 17 heavy (non-hydrogen) atoms. The van der Waals surface area contributed by atoms with Gasteiger partial charge in [0.25, 0.3) is 0 Å². The summed E-state index contributed by atoms with van der Waals surface area (Å²) in [6.45, 7) is 0. The van der Waals surface area contributed by atoms with Crippen LogP contribution in [0.2, 0.25) is 10.0 Å². The Morgan fingerprint density at radius 2 is 1.88 bits per heavy atom. The van der Waals surface area contributed by atoms with Crippen LogP contribution in [-0.4, -0.2) is 0 Å². The average molecular weight is 287 g/mol. The van der Waals surface area contributed by atoms with Crippen LogP contribution < -0.4 is 0 Å². The van der Waals surface area contributed by atoms with Crippen LogP contribution in [0.3, 0.4) is 0 Å². The van der Waals surface area contributed by atoms with E-state index in [1.807, 2.05) is 30.3 Å². The van der Waals surface area contributed by atoms with Crippen LogP contribution in [0.5, 0.6) is 0 Å². The molecule has 0 saturated heterocycles. The lowest BCUT2D eigenvalue weighted by Gasteiger charge is -2.03. The standard InChI is InChI=1S/C13H9Cl2FS/c14-10-2-1-3-11(7-10)17-8-9-4-5-12(15)13(16)6-9/h1-7H,8H2. The van der Waals surface area contributed by atoms with Crippen molar-refractivity contribution in [3.63, 3.8) is 0 Å². The van der Waals surface area contributed by atoms with Gasteiger partial charge >= 0.3 is 0 Å². The van der Waals surface area contributed by atoms with E-state index in [1.165, 1.54) is 6.07 Å². The van der Waals surface area contributed by atoms with Crippen molar-refractivity contribution in [3.8, 4) is 0 Å². The van der Waals surface area contributed by atoms with E-state index in [4.69, 9.17) is 23.2 Å². The predicted molar refractivity (Wildman–Crippen MR) is 72.4 cm³/mol. The number of benzene rings is 2. The van der Waals surface area contributed by atoms with Crippen molar-refractivity contribution < 1.29 is 4.39 Å². The SMILES string of the molecule is Fc1cc(CSc2cccc(Cl)c2)ccc1Cl. The lowest BCUT2D eigenvalue weighted by atomic mass is 10.2. The van der Waals surface area contributed by atoms with E-state index >= 15 is 0 Å². The number of rotatable bonds is 3. The minimum Gasteiger partial charge on any atom is -0.205 e. The van der Waals surface area contributed by atoms with Crippen LogP contribution in [0.1, 0.15) is 5.56 Å². The Morgan fingerprint density at radius 1 is 1.06 bits per heavy atom. The molecule has 0 aliphatic carbocycles. The van der Waals surface area contributed by atoms with Gasteiger partial charge in [0.1, 0.15) is 5.82 Å². The van der Waals surface area contributed by atoms with Crippen LogP contribution >= 0.6 is 35.0 Å². The molecule has 0 saturated carbocycles. The summed E-state index contributed by atoms with van der Waals surface area (Å²) < 4.78 is 13.2.